The van der Waals surface area contributed by atoms with Crippen LogP contribution in [-0.4, -0.2) is 57.4 Å². The van der Waals surface area contributed by atoms with Gasteiger partial charge in [-0.1, -0.05) is 31.2 Å². The van der Waals surface area contributed by atoms with Gasteiger partial charge in [-0.2, -0.15) is 0 Å². The number of carbonyl (C=O) groups excluding carboxylic acids is 1. The molecule has 1 aromatic carbocycles. The number of rotatable bonds is 8. The lowest BCUT2D eigenvalue weighted by Gasteiger charge is -2.44. The first kappa shape index (κ1) is 23.5. The van der Waals surface area contributed by atoms with Crippen molar-refractivity contribution in [2.45, 2.75) is 58.9 Å². The second-order valence-corrected chi connectivity index (χ2v) is 10.1. The molecular weight excluding hydrogens is 408 g/mol. The van der Waals surface area contributed by atoms with Gasteiger partial charge in [0.15, 0.2) is 0 Å². The molecule has 4 rings (SSSR count). The summed E-state index contributed by atoms with van der Waals surface area (Å²) in [7, 11) is 0. The standard InChI is InChI=1S/C28H38N4O/c1-5-21-9-7-10-23(17-21)19-28(3,4)32-15-12-22(13-16-32)20-31(6-2)27(33)26-18-25-24(30-26)11-8-14-29-25/h7-11,14,17-18,22,30H,5-6,12-13,15-16,19-20H2,1-4H3. The zero-order valence-electron chi connectivity index (χ0n) is 20.6. The Morgan fingerprint density at radius 3 is 2.58 bits per heavy atom. The molecule has 1 saturated heterocycles. The molecule has 1 amide bonds. The average molecular weight is 447 g/mol. The van der Waals surface area contributed by atoms with E-state index < -0.39 is 0 Å². The molecule has 33 heavy (non-hydrogen) atoms. The number of hydrogen-bond acceptors (Lipinski definition) is 3. The van der Waals surface area contributed by atoms with Crippen molar-refractivity contribution in [1.82, 2.24) is 19.8 Å². The number of amides is 1. The van der Waals surface area contributed by atoms with Crippen LogP contribution in [0.3, 0.4) is 0 Å². The molecule has 0 aliphatic carbocycles. The fourth-order valence-electron chi connectivity index (χ4n) is 5.20. The van der Waals surface area contributed by atoms with Gasteiger partial charge < -0.3 is 9.88 Å². The number of piperidine rings is 1. The lowest BCUT2D eigenvalue weighted by atomic mass is 9.87. The highest BCUT2D eigenvalue weighted by Crippen LogP contribution is 2.28. The summed E-state index contributed by atoms with van der Waals surface area (Å²) < 4.78 is 0. The van der Waals surface area contributed by atoms with Crippen molar-refractivity contribution in [3.8, 4) is 0 Å². The maximum Gasteiger partial charge on any atom is 0.270 e. The monoisotopic (exact) mass is 446 g/mol. The number of hydrogen-bond donors (Lipinski definition) is 1. The van der Waals surface area contributed by atoms with Gasteiger partial charge in [-0.05, 0) is 94.8 Å². The van der Waals surface area contributed by atoms with Crippen LogP contribution in [0.25, 0.3) is 11.0 Å². The molecular formula is C28H38N4O. The van der Waals surface area contributed by atoms with Gasteiger partial charge in [0.1, 0.15) is 5.69 Å². The number of fused-ring (bicyclic) bond motifs is 1. The van der Waals surface area contributed by atoms with Crippen LogP contribution in [0.1, 0.15) is 62.2 Å². The van der Waals surface area contributed by atoms with Crippen LogP contribution in [0.2, 0.25) is 0 Å². The van der Waals surface area contributed by atoms with Crippen LogP contribution >= 0.6 is 0 Å². The largest absolute Gasteiger partial charge is 0.349 e. The normalized spacial score (nSPS) is 15.8. The van der Waals surface area contributed by atoms with E-state index in [0.717, 1.165) is 62.9 Å². The average Bonchev–Trinajstić information content (AvgIpc) is 3.26. The quantitative estimate of drug-likeness (QED) is 0.509. The number of likely N-dealkylation sites (tertiary alicyclic amines) is 1. The van der Waals surface area contributed by atoms with E-state index in [2.05, 4.69) is 66.8 Å². The van der Waals surface area contributed by atoms with Crippen molar-refractivity contribution in [1.29, 1.82) is 0 Å². The molecule has 3 heterocycles. The molecule has 1 N–H and O–H groups in total. The number of H-pyrrole nitrogens is 1. The second kappa shape index (κ2) is 10.1. The van der Waals surface area contributed by atoms with Crippen molar-refractivity contribution < 1.29 is 4.79 Å². The van der Waals surface area contributed by atoms with Gasteiger partial charge in [0.25, 0.3) is 5.91 Å². The van der Waals surface area contributed by atoms with E-state index >= 15 is 0 Å². The highest BCUT2D eigenvalue weighted by molar-refractivity contribution is 5.97. The smallest absolute Gasteiger partial charge is 0.270 e. The van der Waals surface area contributed by atoms with Gasteiger partial charge in [-0.25, -0.2) is 0 Å². The zero-order valence-corrected chi connectivity index (χ0v) is 20.6. The third kappa shape index (κ3) is 5.47. The third-order valence-corrected chi connectivity index (χ3v) is 7.27. The summed E-state index contributed by atoms with van der Waals surface area (Å²) in [5, 5.41) is 0. The van der Waals surface area contributed by atoms with Crippen LogP contribution < -0.4 is 0 Å². The first-order valence-corrected chi connectivity index (χ1v) is 12.5. The van der Waals surface area contributed by atoms with Crippen molar-refractivity contribution >= 4 is 16.9 Å². The number of carbonyl (C=O) groups is 1. The summed E-state index contributed by atoms with van der Waals surface area (Å²) in [5.41, 5.74) is 5.37. The minimum absolute atomic E-state index is 0.0778. The molecule has 0 saturated carbocycles. The highest BCUT2D eigenvalue weighted by Gasteiger charge is 2.32. The molecule has 0 radical (unpaired) electrons. The van der Waals surface area contributed by atoms with Crippen LogP contribution in [-0.2, 0) is 12.8 Å². The summed E-state index contributed by atoms with van der Waals surface area (Å²) in [5.74, 6) is 0.626. The summed E-state index contributed by atoms with van der Waals surface area (Å²) in [6, 6.07) is 14.8. The van der Waals surface area contributed by atoms with E-state index in [9.17, 15) is 4.79 Å². The van der Waals surface area contributed by atoms with Gasteiger partial charge >= 0.3 is 0 Å². The van der Waals surface area contributed by atoms with Crippen molar-refractivity contribution in [2.24, 2.45) is 5.92 Å². The minimum atomic E-state index is 0.0778. The lowest BCUT2D eigenvalue weighted by molar-refractivity contribution is 0.0546. The fraction of sp³-hybridized carbons (Fsp3) is 0.500. The van der Waals surface area contributed by atoms with Crippen LogP contribution in [0.15, 0.2) is 48.7 Å². The summed E-state index contributed by atoms with van der Waals surface area (Å²) in [6.07, 6.45) is 6.19. The topological polar surface area (TPSA) is 52.2 Å². The molecule has 5 heteroatoms. The van der Waals surface area contributed by atoms with Crippen LogP contribution in [0.5, 0.6) is 0 Å². The Bertz CT molecular complexity index is 1050. The van der Waals surface area contributed by atoms with Gasteiger partial charge in [0, 0.05) is 24.8 Å². The zero-order chi connectivity index (χ0) is 23.4. The minimum Gasteiger partial charge on any atom is -0.349 e. The molecule has 1 fully saturated rings. The highest BCUT2D eigenvalue weighted by atomic mass is 16.2. The van der Waals surface area contributed by atoms with Gasteiger partial charge in [-0.3, -0.25) is 14.7 Å². The fourth-order valence-corrected chi connectivity index (χ4v) is 5.20. The Balaban J connectivity index is 1.34. The molecule has 0 unspecified atom stereocenters. The van der Waals surface area contributed by atoms with E-state index in [1.54, 1.807) is 6.20 Å². The van der Waals surface area contributed by atoms with E-state index in [0.29, 0.717) is 11.6 Å². The van der Waals surface area contributed by atoms with Gasteiger partial charge in [0.2, 0.25) is 0 Å². The summed E-state index contributed by atoms with van der Waals surface area (Å²) in [6.45, 7) is 12.8. The number of aromatic nitrogens is 2. The Labute approximate surface area is 198 Å². The van der Waals surface area contributed by atoms with Crippen molar-refractivity contribution in [3.05, 3.63) is 65.5 Å². The predicted octanol–water partition coefficient (Wildman–Crippen LogP) is 5.32. The molecule has 5 nitrogen and oxygen atoms in total. The van der Waals surface area contributed by atoms with E-state index in [1.165, 1.54) is 11.1 Å². The first-order valence-electron chi connectivity index (χ1n) is 12.5. The Hall–Kier alpha value is -2.66. The lowest BCUT2D eigenvalue weighted by Crippen LogP contribution is -2.50. The molecule has 0 atom stereocenters. The Morgan fingerprint density at radius 2 is 1.88 bits per heavy atom. The maximum atomic E-state index is 13.2. The predicted molar refractivity (Wildman–Crippen MR) is 136 cm³/mol. The van der Waals surface area contributed by atoms with Crippen LogP contribution in [0.4, 0.5) is 0 Å². The number of aryl methyl sites for hydroxylation is 1. The second-order valence-electron chi connectivity index (χ2n) is 10.1. The molecule has 0 spiro atoms. The van der Waals surface area contributed by atoms with E-state index in [1.807, 2.05) is 23.1 Å². The molecule has 1 aliphatic rings. The molecule has 3 aromatic rings. The Kier molecular flexibility index (Phi) is 7.18. The van der Waals surface area contributed by atoms with Crippen molar-refractivity contribution in [2.75, 3.05) is 26.2 Å². The molecule has 2 aromatic heterocycles. The number of benzene rings is 1. The molecule has 176 valence electrons. The van der Waals surface area contributed by atoms with Crippen molar-refractivity contribution in [3.63, 3.8) is 0 Å². The first-order chi connectivity index (χ1) is 15.9. The third-order valence-electron chi connectivity index (χ3n) is 7.27. The van der Waals surface area contributed by atoms with Crippen LogP contribution in [0, 0.1) is 5.92 Å². The molecule has 0 bridgehead atoms. The SMILES string of the molecule is CCc1cccc(CC(C)(C)N2CCC(CN(CC)C(=O)c3cc4ncccc4[nH]3)CC2)c1. The number of pyridine rings is 1. The summed E-state index contributed by atoms with van der Waals surface area (Å²) >= 11 is 0. The maximum absolute atomic E-state index is 13.2. The van der Waals surface area contributed by atoms with Gasteiger partial charge in [0.05, 0.1) is 11.0 Å². The summed E-state index contributed by atoms with van der Waals surface area (Å²) in [4.78, 5) is 25.4. The number of aromatic amines is 1. The molecule has 1 aliphatic heterocycles. The van der Waals surface area contributed by atoms with E-state index in [4.69, 9.17) is 0 Å². The van der Waals surface area contributed by atoms with E-state index in [-0.39, 0.29) is 11.4 Å². The number of nitrogens with one attached hydrogen (secondary N) is 1. The number of nitrogens with zero attached hydrogens (tertiary/aromatic N) is 3. The van der Waals surface area contributed by atoms with Gasteiger partial charge in [-0.15, -0.1) is 0 Å². The Morgan fingerprint density at radius 1 is 1.12 bits per heavy atom.